The first-order valence-corrected chi connectivity index (χ1v) is 10.6. The van der Waals surface area contributed by atoms with E-state index in [1.807, 2.05) is 38.1 Å². The Balaban J connectivity index is 1.67. The molecular weight excluding hydrogens is 380 g/mol. The topological polar surface area (TPSA) is 90.5 Å². The summed E-state index contributed by atoms with van der Waals surface area (Å²) in [5.74, 6) is 0.224. The van der Waals surface area contributed by atoms with Gasteiger partial charge in [-0.15, -0.1) is 0 Å². The van der Waals surface area contributed by atoms with Crippen molar-refractivity contribution in [2.75, 3.05) is 7.11 Å². The standard InChI is InChI=1S/C20H22N2O5S/c1-13(2)22-17-9-8-16(12-18(17)27-19(22)23)28(24,25)21-20(10-11-20)14-4-6-15(26-3)7-5-14/h4-9,12-13,21H,10-11H2,1-3H3. The van der Waals surface area contributed by atoms with Crippen molar-refractivity contribution in [3.63, 3.8) is 0 Å². The summed E-state index contributed by atoms with van der Waals surface area (Å²) in [6.07, 6.45) is 1.44. The molecule has 148 valence electrons. The maximum Gasteiger partial charge on any atom is 0.420 e. The van der Waals surface area contributed by atoms with Gasteiger partial charge in [0, 0.05) is 12.1 Å². The largest absolute Gasteiger partial charge is 0.497 e. The number of oxazole rings is 1. The molecule has 1 heterocycles. The molecule has 2 aromatic carbocycles. The first-order chi connectivity index (χ1) is 13.3. The second-order valence-corrected chi connectivity index (χ2v) is 9.06. The summed E-state index contributed by atoms with van der Waals surface area (Å²) in [4.78, 5) is 12.1. The van der Waals surface area contributed by atoms with Crippen molar-refractivity contribution in [3.8, 4) is 5.75 Å². The molecule has 0 unspecified atom stereocenters. The van der Waals surface area contributed by atoms with Gasteiger partial charge in [-0.3, -0.25) is 4.57 Å². The van der Waals surface area contributed by atoms with Gasteiger partial charge in [0.25, 0.3) is 0 Å². The van der Waals surface area contributed by atoms with E-state index in [1.165, 1.54) is 16.7 Å². The lowest BCUT2D eigenvalue weighted by atomic mass is 10.1. The van der Waals surface area contributed by atoms with Gasteiger partial charge in [0.2, 0.25) is 10.0 Å². The van der Waals surface area contributed by atoms with Crippen LogP contribution in [0, 0.1) is 0 Å². The predicted molar refractivity (Wildman–Crippen MR) is 105 cm³/mol. The molecule has 8 heteroatoms. The van der Waals surface area contributed by atoms with Gasteiger partial charge in [-0.25, -0.2) is 17.9 Å². The lowest BCUT2D eigenvalue weighted by Gasteiger charge is -2.18. The van der Waals surface area contributed by atoms with Crippen LogP contribution in [0.2, 0.25) is 0 Å². The number of nitrogens with zero attached hydrogens (tertiary/aromatic N) is 1. The molecule has 1 fully saturated rings. The van der Waals surface area contributed by atoms with Crippen molar-refractivity contribution in [2.24, 2.45) is 0 Å². The number of methoxy groups -OCH3 is 1. The first kappa shape index (κ1) is 18.8. The van der Waals surface area contributed by atoms with Crippen LogP contribution in [0.25, 0.3) is 11.1 Å². The number of nitrogens with one attached hydrogen (secondary N) is 1. The summed E-state index contributed by atoms with van der Waals surface area (Å²) in [5.41, 5.74) is 1.13. The van der Waals surface area contributed by atoms with Crippen LogP contribution in [0.15, 0.2) is 56.6 Å². The molecule has 0 bridgehead atoms. The van der Waals surface area contributed by atoms with Crippen LogP contribution in [0.3, 0.4) is 0 Å². The van der Waals surface area contributed by atoms with Gasteiger partial charge in [-0.1, -0.05) is 12.1 Å². The maximum atomic E-state index is 13.0. The van der Waals surface area contributed by atoms with E-state index in [1.54, 1.807) is 13.2 Å². The second kappa shape index (κ2) is 6.49. The Morgan fingerprint density at radius 1 is 1.14 bits per heavy atom. The van der Waals surface area contributed by atoms with E-state index in [0.29, 0.717) is 5.52 Å². The lowest BCUT2D eigenvalue weighted by molar-refractivity contribution is 0.414. The molecule has 0 spiro atoms. The summed E-state index contributed by atoms with van der Waals surface area (Å²) in [7, 11) is -2.20. The van der Waals surface area contributed by atoms with Crippen molar-refractivity contribution >= 4 is 21.1 Å². The van der Waals surface area contributed by atoms with E-state index in [4.69, 9.17) is 9.15 Å². The Morgan fingerprint density at radius 3 is 2.39 bits per heavy atom. The van der Waals surface area contributed by atoms with Crippen molar-refractivity contribution in [1.29, 1.82) is 0 Å². The van der Waals surface area contributed by atoms with E-state index in [-0.39, 0.29) is 16.5 Å². The fourth-order valence-electron chi connectivity index (χ4n) is 3.47. The zero-order valence-electron chi connectivity index (χ0n) is 15.9. The highest BCUT2D eigenvalue weighted by Gasteiger charge is 2.47. The monoisotopic (exact) mass is 402 g/mol. The van der Waals surface area contributed by atoms with Crippen LogP contribution in [0.4, 0.5) is 0 Å². The fourth-order valence-corrected chi connectivity index (χ4v) is 4.94. The summed E-state index contributed by atoms with van der Waals surface area (Å²) < 4.78 is 40.7. The van der Waals surface area contributed by atoms with E-state index in [9.17, 15) is 13.2 Å². The minimum Gasteiger partial charge on any atom is -0.497 e. The van der Waals surface area contributed by atoms with Crippen LogP contribution in [0.1, 0.15) is 38.3 Å². The van der Waals surface area contributed by atoms with E-state index >= 15 is 0 Å². The number of hydrogen-bond donors (Lipinski definition) is 1. The zero-order valence-corrected chi connectivity index (χ0v) is 16.7. The molecule has 3 aromatic rings. The third-order valence-corrected chi connectivity index (χ3v) is 6.67. The number of rotatable bonds is 6. The molecule has 0 aliphatic heterocycles. The Labute approximate surface area is 163 Å². The number of fused-ring (bicyclic) bond motifs is 1. The zero-order chi connectivity index (χ0) is 20.1. The SMILES string of the molecule is COc1ccc(C2(NS(=O)(=O)c3ccc4c(c3)oc(=O)n4C(C)C)CC2)cc1. The van der Waals surface area contributed by atoms with Crippen LogP contribution in [0.5, 0.6) is 5.75 Å². The number of aromatic nitrogens is 1. The number of hydrogen-bond acceptors (Lipinski definition) is 5. The average molecular weight is 402 g/mol. The summed E-state index contributed by atoms with van der Waals surface area (Å²) in [5, 5.41) is 0. The van der Waals surface area contributed by atoms with E-state index < -0.39 is 21.3 Å². The first-order valence-electron chi connectivity index (χ1n) is 9.09. The number of sulfonamides is 1. The Kier molecular flexibility index (Phi) is 4.35. The molecule has 1 aliphatic rings. The summed E-state index contributed by atoms with van der Waals surface area (Å²) in [6.45, 7) is 3.74. The smallest absolute Gasteiger partial charge is 0.420 e. The predicted octanol–water partition coefficient (Wildman–Crippen LogP) is 3.15. The molecular formula is C20H22N2O5S. The highest BCUT2D eigenvalue weighted by atomic mass is 32.2. The van der Waals surface area contributed by atoms with Crippen LogP contribution in [-0.4, -0.2) is 20.1 Å². The third-order valence-electron chi connectivity index (χ3n) is 5.13. The Bertz CT molecular complexity index is 1190. The van der Waals surface area contributed by atoms with Crippen molar-refractivity contribution in [2.45, 2.75) is 43.2 Å². The van der Waals surface area contributed by atoms with Gasteiger partial charge in [0.1, 0.15) is 5.75 Å². The molecule has 0 saturated heterocycles. The lowest BCUT2D eigenvalue weighted by Crippen LogP contribution is -2.34. The molecule has 0 atom stereocenters. The van der Waals surface area contributed by atoms with Gasteiger partial charge < -0.3 is 9.15 Å². The normalized spacial score (nSPS) is 15.9. The van der Waals surface area contributed by atoms with Gasteiger partial charge in [-0.05, 0) is 56.5 Å². The number of benzene rings is 2. The minimum atomic E-state index is -3.79. The summed E-state index contributed by atoms with van der Waals surface area (Å²) >= 11 is 0. The molecule has 4 rings (SSSR count). The fraction of sp³-hybridized carbons (Fsp3) is 0.350. The third kappa shape index (κ3) is 3.12. The van der Waals surface area contributed by atoms with Crippen molar-refractivity contribution < 1.29 is 17.6 Å². The second-order valence-electron chi connectivity index (χ2n) is 7.38. The van der Waals surface area contributed by atoms with Crippen LogP contribution in [-0.2, 0) is 15.6 Å². The van der Waals surface area contributed by atoms with Gasteiger partial charge in [0.15, 0.2) is 5.58 Å². The molecule has 1 N–H and O–H groups in total. The van der Waals surface area contributed by atoms with Gasteiger partial charge in [-0.2, -0.15) is 0 Å². The maximum absolute atomic E-state index is 13.0. The molecule has 0 radical (unpaired) electrons. The Morgan fingerprint density at radius 2 is 1.82 bits per heavy atom. The molecule has 28 heavy (non-hydrogen) atoms. The highest BCUT2D eigenvalue weighted by Crippen LogP contribution is 2.47. The minimum absolute atomic E-state index is 0.0736. The Hall–Kier alpha value is -2.58. The van der Waals surface area contributed by atoms with Gasteiger partial charge >= 0.3 is 5.76 Å². The molecule has 7 nitrogen and oxygen atoms in total. The van der Waals surface area contributed by atoms with Crippen molar-refractivity contribution in [1.82, 2.24) is 9.29 Å². The van der Waals surface area contributed by atoms with Gasteiger partial charge in [0.05, 0.1) is 23.1 Å². The molecule has 1 aliphatic carbocycles. The summed E-state index contributed by atoms with van der Waals surface area (Å²) in [6, 6.07) is 11.8. The average Bonchev–Trinajstić information content (AvgIpc) is 3.34. The number of ether oxygens (including phenoxy) is 1. The molecule has 1 aromatic heterocycles. The van der Waals surface area contributed by atoms with E-state index in [0.717, 1.165) is 24.2 Å². The molecule has 1 saturated carbocycles. The van der Waals surface area contributed by atoms with Crippen molar-refractivity contribution in [3.05, 3.63) is 58.6 Å². The van der Waals surface area contributed by atoms with Crippen LogP contribution < -0.4 is 15.2 Å². The van der Waals surface area contributed by atoms with Crippen LogP contribution >= 0.6 is 0 Å². The van der Waals surface area contributed by atoms with E-state index in [2.05, 4.69) is 4.72 Å². The molecule has 0 amide bonds. The quantitative estimate of drug-likeness (QED) is 0.684. The highest BCUT2D eigenvalue weighted by molar-refractivity contribution is 7.89.